The molecule has 0 unspecified atom stereocenters. The van der Waals surface area contributed by atoms with Gasteiger partial charge in [-0.1, -0.05) is 12.1 Å². The predicted molar refractivity (Wildman–Crippen MR) is 80.2 cm³/mol. The SMILES string of the molecule is CN(C)C(=O)c1cccc(B2OC(C)(C)C(C)(C)O2)c1. The van der Waals surface area contributed by atoms with Crippen molar-refractivity contribution < 1.29 is 14.1 Å². The van der Waals surface area contributed by atoms with Crippen LogP contribution in [0.4, 0.5) is 0 Å². The van der Waals surface area contributed by atoms with Gasteiger partial charge in [0, 0.05) is 19.7 Å². The van der Waals surface area contributed by atoms with E-state index in [0.717, 1.165) is 5.46 Å². The first kappa shape index (κ1) is 15.1. The third-order valence-corrected chi connectivity index (χ3v) is 4.07. The van der Waals surface area contributed by atoms with Gasteiger partial charge in [-0.3, -0.25) is 4.79 Å². The van der Waals surface area contributed by atoms with Crippen LogP contribution in [0, 0.1) is 0 Å². The minimum absolute atomic E-state index is 0.0247. The van der Waals surface area contributed by atoms with Crippen molar-refractivity contribution in [1.29, 1.82) is 0 Å². The highest BCUT2D eigenvalue weighted by Crippen LogP contribution is 2.36. The van der Waals surface area contributed by atoms with Crippen LogP contribution in [-0.4, -0.2) is 43.2 Å². The summed E-state index contributed by atoms with van der Waals surface area (Å²) >= 11 is 0. The molecule has 0 N–H and O–H groups in total. The number of hydrogen-bond donors (Lipinski definition) is 0. The van der Waals surface area contributed by atoms with Gasteiger partial charge in [-0.05, 0) is 45.3 Å². The first-order valence-electron chi connectivity index (χ1n) is 6.81. The average Bonchev–Trinajstić information content (AvgIpc) is 2.57. The van der Waals surface area contributed by atoms with Crippen LogP contribution in [-0.2, 0) is 9.31 Å². The zero-order chi connectivity index (χ0) is 15.1. The molecule has 0 bridgehead atoms. The molecule has 1 aromatic carbocycles. The van der Waals surface area contributed by atoms with Gasteiger partial charge in [0.05, 0.1) is 11.2 Å². The predicted octanol–water partition coefficient (Wildman–Crippen LogP) is 1.69. The molecule has 0 radical (unpaired) electrons. The smallest absolute Gasteiger partial charge is 0.399 e. The molecule has 108 valence electrons. The number of nitrogens with zero attached hydrogens (tertiary/aromatic N) is 1. The van der Waals surface area contributed by atoms with E-state index in [9.17, 15) is 4.79 Å². The molecule has 1 aliphatic rings. The van der Waals surface area contributed by atoms with Crippen molar-refractivity contribution in [2.75, 3.05) is 14.1 Å². The third kappa shape index (κ3) is 2.60. The molecule has 1 aromatic rings. The number of amides is 1. The Labute approximate surface area is 121 Å². The molecule has 0 aromatic heterocycles. The second kappa shape index (κ2) is 4.90. The fourth-order valence-electron chi connectivity index (χ4n) is 2.06. The zero-order valence-corrected chi connectivity index (χ0v) is 13.1. The molecular weight excluding hydrogens is 253 g/mol. The summed E-state index contributed by atoms with van der Waals surface area (Å²) in [6.45, 7) is 8.06. The summed E-state index contributed by atoms with van der Waals surface area (Å²) in [5, 5.41) is 0. The first-order chi connectivity index (χ1) is 9.14. The van der Waals surface area contributed by atoms with E-state index in [2.05, 4.69) is 0 Å². The first-order valence-corrected chi connectivity index (χ1v) is 6.81. The third-order valence-electron chi connectivity index (χ3n) is 4.07. The van der Waals surface area contributed by atoms with E-state index in [1.807, 2.05) is 45.9 Å². The molecule has 2 rings (SSSR count). The lowest BCUT2D eigenvalue weighted by atomic mass is 9.78. The number of rotatable bonds is 2. The number of hydrogen-bond acceptors (Lipinski definition) is 3. The molecule has 0 saturated carbocycles. The van der Waals surface area contributed by atoms with Gasteiger partial charge in [0.1, 0.15) is 0 Å². The maximum Gasteiger partial charge on any atom is 0.494 e. The van der Waals surface area contributed by atoms with E-state index in [1.54, 1.807) is 25.1 Å². The van der Waals surface area contributed by atoms with Crippen molar-refractivity contribution in [2.45, 2.75) is 38.9 Å². The fraction of sp³-hybridized carbons (Fsp3) is 0.533. The monoisotopic (exact) mass is 275 g/mol. The average molecular weight is 275 g/mol. The van der Waals surface area contributed by atoms with E-state index >= 15 is 0 Å². The molecule has 1 heterocycles. The van der Waals surface area contributed by atoms with E-state index in [4.69, 9.17) is 9.31 Å². The summed E-state index contributed by atoms with van der Waals surface area (Å²) in [5.41, 5.74) is 0.761. The number of carbonyl (C=O) groups excluding carboxylic acids is 1. The van der Waals surface area contributed by atoms with Crippen LogP contribution >= 0.6 is 0 Å². The van der Waals surface area contributed by atoms with Crippen LogP contribution in [0.25, 0.3) is 0 Å². The lowest BCUT2D eigenvalue weighted by Crippen LogP contribution is -2.41. The summed E-state index contributed by atoms with van der Waals surface area (Å²) in [5.74, 6) is -0.0247. The molecule has 0 aliphatic carbocycles. The highest BCUT2D eigenvalue weighted by Gasteiger charge is 2.51. The molecule has 20 heavy (non-hydrogen) atoms. The van der Waals surface area contributed by atoms with Gasteiger partial charge < -0.3 is 14.2 Å². The van der Waals surface area contributed by atoms with Crippen LogP contribution in [0.3, 0.4) is 0 Å². The second-order valence-electron chi connectivity index (χ2n) is 6.41. The molecular formula is C15H22BNO3. The standard InChI is InChI=1S/C15H22BNO3/c1-14(2)15(3,4)20-16(19-14)12-9-7-8-11(10-12)13(18)17(5)6/h7-10H,1-6H3. The summed E-state index contributed by atoms with van der Waals surface area (Å²) < 4.78 is 12.0. The van der Waals surface area contributed by atoms with E-state index in [1.165, 1.54) is 0 Å². The highest BCUT2D eigenvalue weighted by atomic mass is 16.7. The number of benzene rings is 1. The molecule has 4 nitrogen and oxygen atoms in total. The van der Waals surface area contributed by atoms with Crippen LogP contribution < -0.4 is 5.46 Å². The Hall–Kier alpha value is -1.33. The van der Waals surface area contributed by atoms with E-state index in [-0.39, 0.29) is 17.1 Å². The minimum atomic E-state index is -0.435. The van der Waals surface area contributed by atoms with Crippen molar-refractivity contribution >= 4 is 18.5 Å². The van der Waals surface area contributed by atoms with Gasteiger partial charge in [0.2, 0.25) is 0 Å². The molecule has 1 aliphatic heterocycles. The molecule has 0 spiro atoms. The Bertz CT molecular complexity index is 510. The largest absolute Gasteiger partial charge is 0.494 e. The van der Waals surface area contributed by atoms with Gasteiger partial charge in [-0.15, -0.1) is 0 Å². The summed E-state index contributed by atoms with van der Waals surface area (Å²) in [4.78, 5) is 13.6. The maximum absolute atomic E-state index is 12.0. The van der Waals surface area contributed by atoms with Crippen molar-refractivity contribution in [1.82, 2.24) is 4.90 Å². The van der Waals surface area contributed by atoms with Crippen LogP contribution in [0.2, 0.25) is 0 Å². The lowest BCUT2D eigenvalue weighted by Gasteiger charge is -2.32. The Kier molecular flexibility index (Phi) is 3.69. The van der Waals surface area contributed by atoms with E-state index in [0.29, 0.717) is 5.56 Å². The van der Waals surface area contributed by atoms with Crippen molar-refractivity contribution in [3.8, 4) is 0 Å². The van der Waals surface area contributed by atoms with Gasteiger partial charge in [-0.2, -0.15) is 0 Å². The van der Waals surface area contributed by atoms with Crippen molar-refractivity contribution in [3.05, 3.63) is 29.8 Å². The summed E-state index contributed by atoms with van der Waals surface area (Å²) in [6.07, 6.45) is 0. The quantitative estimate of drug-likeness (QED) is 0.771. The minimum Gasteiger partial charge on any atom is -0.399 e. The Morgan fingerprint density at radius 1 is 1.10 bits per heavy atom. The Morgan fingerprint density at radius 3 is 2.15 bits per heavy atom. The van der Waals surface area contributed by atoms with Gasteiger partial charge >= 0.3 is 7.12 Å². The molecule has 1 saturated heterocycles. The van der Waals surface area contributed by atoms with E-state index < -0.39 is 7.12 Å². The molecule has 0 atom stereocenters. The van der Waals surface area contributed by atoms with Crippen molar-refractivity contribution in [3.63, 3.8) is 0 Å². The van der Waals surface area contributed by atoms with Crippen LogP contribution in [0.15, 0.2) is 24.3 Å². The van der Waals surface area contributed by atoms with Crippen molar-refractivity contribution in [2.24, 2.45) is 0 Å². The van der Waals surface area contributed by atoms with Gasteiger partial charge in [0.25, 0.3) is 5.91 Å². The normalized spacial score (nSPS) is 20.0. The molecule has 5 heteroatoms. The number of carbonyl (C=O) groups is 1. The highest BCUT2D eigenvalue weighted by molar-refractivity contribution is 6.62. The summed E-state index contributed by atoms with van der Waals surface area (Å²) in [6, 6.07) is 7.42. The zero-order valence-electron chi connectivity index (χ0n) is 13.1. The van der Waals surface area contributed by atoms with Crippen LogP contribution in [0.1, 0.15) is 38.1 Å². The Balaban J connectivity index is 2.28. The maximum atomic E-state index is 12.0. The lowest BCUT2D eigenvalue weighted by molar-refractivity contribution is 0.00578. The molecule has 1 fully saturated rings. The van der Waals surface area contributed by atoms with Gasteiger partial charge in [0.15, 0.2) is 0 Å². The Morgan fingerprint density at radius 2 is 1.65 bits per heavy atom. The topological polar surface area (TPSA) is 38.8 Å². The molecule has 1 amide bonds. The second-order valence-corrected chi connectivity index (χ2v) is 6.41. The fourth-order valence-corrected chi connectivity index (χ4v) is 2.06. The summed E-state index contributed by atoms with van der Waals surface area (Å²) in [7, 11) is 3.04. The van der Waals surface area contributed by atoms with Gasteiger partial charge in [-0.25, -0.2) is 0 Å². The van der Waals surface area contributed by atoms with Crippen LogP contribution in [0.5, 0.6) is 0 Å².